The van der Waals surface area contributed by atoms with Crippen LogP contribution in [0.15, 0.2) is 72.4 Å². The van der Waals surface area contributed by atoms with Crippen LogP contribution >= 0.6 is 0 Å². The number of ether oxygens (including phenoxy) is 2. The van der Waals surface area contributed by atoms with Gasteiger partial charge >= 0.3 is 0 Å². The van der Waals surface area contributed by atoms with Crippen molar-refractivity contribution in [2.45, 2.75) is 37.8 Å². The van der Waals surface area contributed by atoms with Gasteiger partial charge in [0.15, 0.2) is 11.5 Å². The number of nitrogens with zero attached hydrogens (tertiary/aromatic N) is 1. The highest BCUT2D eigenvalue weighted by molar-refractivity contribution is 5.91. The van der Waals surface area contributed by atoms with E-state index >= 15 is 0 Å². The summed E-state index contributed by atoms with van der Waals surface area (Å²) in [5, 5.41) is 3.75. The van der Waals surface area contributed by atoms with E-state index in [1.54, 1.807) is 6.20 Å². The zero-order chi connectivity index (χ0) is 19.2. The Morgan fingerprint density at radius 1 is 0.862 bits per heavy atom. The predicted octanol–water partition coefficient (Wildman–Crippen LogP) is 5.70. The van der Waals surface area contributed by atoms with Gasteiger partial charge in [-0.05, 0) is 49.5 Å². The molecule has 29 heavy (non-hydrogen) atoms. The van der Waals surface area contributed by atoms with Gasteiger partial charge in [-0.3, -0.25) is 0 Å². The highest BCUT2D eigenvalue weighted by Crippen LogP contribution is 2.51. The summed E-state index contributed by atoms with van der Waals surface area (Å²) in [5.41, 5.74) is 5.16. The topological polar surface area (TPSA) is 43.4 Å². The van der Waals surface area contributed by atoms with E-state index in [9.17, 15) is 0 Å². The Hall–Kier alpha value is -3.11. The first-order valence-electron chi connectivity index (χ1n) is 10.3. The number of hydrogen-bond acceptors (Lipinski definition) is 4. The number of benzene rings is 2. The molecular formula is C25H22N2O2. The molecule has 2 unspecified atom stereocenters. The maximum atomic E-state index is 6.37. The van der Waals surface area contributed by atoms with E-state index < -0.39 is 0 Å². The van der Waals surface area contributed by atoms with Crippen LogP contribution in [-0.4, -0.2) is 17.1 Å². The third-order valence-corrected chi connectivity index (χ3v) is 6.14. The molecule has 3 aliphatic rings. The first-order valence-corrected chi connectivity index (χ1v) is 10.3. The minimum absolute atomic E-state index is 0.567. The first-order chi connectivity index (χ1) is 14.3. The van der Waals surface area contributed by atoms with Crippen LogP contribution in [0.2, 0.25) is 0 Å². The molecule has 2 bridgehead atoms. The number of aromatic nitrogens is 1. The lowest BCUT2D eigenvalue weighted by Gasteiger charge is -2.31. The number of hydrogen-bond donors (Lipinski definition) is 1. The van der Waals surface area contributed by atoms with Crippen molar-refractivity contribution in [1.29, 1.82) is 0 Å². The SMILES string of the molecule is c1ccc(Oc2cccc3c2Oc2ccccc2C3=C2CC3CCC(C2)N3)nc1. The number of fused-ring (bicyclic) bond motifs is 4. The fourth-order valence-corrected chi connectivity index (χ4v) is 4.92. The van der Waals surface area contributed by atoms with Gasteiger partial charge in [0.05, 0.1) is 0 Å². The van der Waals surface area contributed by atoms with E-state index in [2.05, 4.69) is 28.5 Å². The van der Waals surface area contributed by atoms with Crippen LogP contribution in [0.3, 0.4) is 0 Å². The van der Waals surface area contributed by atoms with Crippen LogP contribution in [0, 0.1) is 0 Å². The van der Waals surface area contributed by atoms with Crippen molar-refractivity contribution in [3.8, 4) is 23.1 Å². The predicted molar refractivity (Wildman–Crippen MR) is 112 cm³/mol. The molecule has 2 aromatic carbocycles. The third-order valence-electron chi connectivity index (χ3n) is 6.14. The Bertz CT molecular complexity index is 1090. The second-order valence-electron chi connectivity index (χ2n) is 8.03. The second kappa shape index (κ2) is 6.75. The molecule has 144 valence electrons. The van der Waals surface area contributed by atoms with Gasteiger partial charge in [0.2, 0.25) is 5.88 Å². The number of piperidine rings is 1. The van der Waals surface area contributed by atoms with Crippen molar-refractivity contribution < 1.29 is 9.47 Å². The maximum Gasteiger partial charge on any atom is 0.219 e. The molecule has 3 aromatic rings. The van der Waals surface area contributed by atoms with Gasteiger partial charge in [-0.15, -0.1) is 0 Å². The summed E-state index contributed by atoms with van der Waals surface area (Å²) >= 11 is 0. The largest absolute Gasteiger partial charge is 0.452 e. The monoisotopic (exact) mass is 382 g/mol. The van der Waals surface area contributed by atoms with Crippen LogP contribution in [0.1, 0.15) is 36.8 Å². The van der Waals surface area contributed by atoms with Gasteiger partial charge in [0, 0.05) is 35.5 Å². The Morgan fingerprint density at radius 3 is 2.48 bits per heavy atom. The van der Waals surface area contributed by atoms with Crippen LogP contribution in [-0.2, 0) is 0 Å². The summed E-state index contributed by atoms with van der Waals surface area (Å²) in [6.45, 7) is 0. The molecule has 0 spiro atoms. The van der Waals surface area contributed by atoms with Crippen molar-refractivity contribution in [3.05, 3.63) is 83.6 Å². The van der Waals surface area contributed by atoms with E-state index in [1.807, 2.05) is 42.5 Å². The van der Waals surface area contributed by atoms with Crippen molar-refractivity contribution in [1.82, 2.24) is 10.3 Å². The van der Waals surface area contributed by atoms with Gasteiger partial charge in [0.1, 0.15) is 5.75 Å². The Balaban J connectivity index is 1.51. The van der Waals surface area contributed by atoms with Crippen LogP contribution in [0.4, 0.5) is 0 Å². The Kier molecular flexibility index (Phi) is 3.91. The molecule has 2 fully saturated rings. The molecule has 6 rings (SSSR count). The molecule has 1 N–H and O–H groups in total. The molecule has 4 nitrogen and oxygen atoms in total. The smallest absolute Gasteiger partial charge is 0.219 e. The third kappa shape index (κ3) is 2.91. The quantitative estimate of drug-likeness (QED) is 0.483. The zero-order valence-corrected chi connectivity index (χ0v) is 16.1. The van der Waals surface area contributed by atoms with Gasteiger partial charge in [-0.2, -0.15) is 0 Å². The second-order valence-corrected chi connectivity index (χ2v) is 8.03. The fraction of sp³-hybridized carbons (Fsp3) is 0.240. The standard InChI is InChI=1S/C25H22N2O2/c1-2-8-21-19(6-1)24(16-14-17-11-12-18(15-16)27-17)20-7-5-9-22(25(20)29-21)28-23-10-3-4-13-26-23/h1-10,13,17-18,27H,11-12,14-15H2. The van der Waals surface area contributed by atoms with Gasteiger partial charge < -0.3 is 14.8 Å². The zero-order valence-electron chi connectivity index (χ0n) is 16.1. The van der Waals surface area contributed by atoms with Gasteiger partial charge in [0.25, 0.3) is 0 Å². The van der Waals surface area contributed by atoms with Crippen LogP contribution < -0.4 is 14.8 Å². The summed E-state index contributed by atoms with van der Waals surface area (Å²) < 4.78 is 12.5. The summed E-state index contributed by atoms with van der Waals surface area (Å²) in [4.78, 5) is 4.31. The van der Waals surface area contributed by atoms with E-state index in [-0.39, 0.29) is 0 Å². The maximum absolute atomic E-state index is 6.37. The number of pyridine rings is 1. The van der Waals surface area contributed by atoms with Crippen LogP contribution in [0.5, 0.6) is 23.1 Å². The number of rotatable bonds is 2. The number of para-hydroxylation sites is 2. The molecule has 1 aromatic heterocycles. The molecular weight excluding hydrogens is 360 g/mol. The summed E-state index contributed by atoms with van der Waals surface area (Å²) in [6.07, 6.45) is 6.49. The molecule has 4 heteroatoms. The summed E-state index contributed by atoms with van der Waals surface area (Å²) in [7, 11) is 0. The van der Waals surface area contributed by atoms with Crippen LogP contribution in [0.25, 0.3) is 5.57 Å². The van der Waals surface area contributed by atoms with Crippen molar-refractivity contribution in [2.75, 3.05) is 0 Å². The Morgan fingerprint density at radius 2 is 1.66 bits per heavy atom. The lowest BCUT2D eigenvalue weighted by molar-refractivity contribution is 0.405. The molecule has 0 amide bonds. The molecule has 0 aliphatic carbocycles. The first kappa shape index (κ1) is 16.8. The average molecular weight is 382 g/mol. The Labute approximate surface area is 170 Å². The fourth-order valence-electron chi connectivity index (χ4n) is 4.92. The lowest BCUT2D eigenvalue weighted by atomic mass is 9.84. The molecule has 0 radical (unpaired) electrons. The molecule has 3 aliphatic heterocycles. The van der Waals surface area contributed by atoms with Crippen molar-refractivity contribution >= 4 is 5.57 Å². The lowest BCUT2D eigenvalue weighted by Crippen LogP contribution is -2.35. The van der Waals surface area contributed by atoms with Gasteiger partial charge in [-0.25, -0.2) is 4.98 Å². The molecule has 0 saturated carbocycles. The van der Waals surface area contributed by atoms with E-state index in [1.165, 1.54) is 29.6 Å². The van der Waals surface area contributed by atoms with Crippen molar-refractivity contribution in [3.63, 3.8) is 0 Å². The normalized spacial score (nSPS) is 21.9. The molecule has 2 atom stereocenters. The van der Waals surface area contributed by atoms with E-state index in [4.69, 9.17) is 9.47 Å². The summed E-state index contributed by atoms with van der Waals surface area (Å²) in [5.74, 6) is 2.94. The molecule has 4 heterocycles. The van der Waals surface area contributed by atoms with Gasteiger partial charge in [-0.1, -0.05) is 42.0 Å². The highest BCUT2D eigenvalue weighted by Gasteiger charge is 2.34. The highest BCUT2D eigenvalue weighted by atomic mass is 16.5. The summed E-state index contributed by atoms with van der Waals surface area (Å²) in [6, 6.07) is 21.4. The van der Waals surface area contributed by atoms with E-state index in [0.717, 1.165) is 29.9 Å². The average Bonchev–Trinajstić information content (AvgIpc) is 3.11. The molecule has 2 saturated heterocycles. The minimum atomic E-state index is 0.567. The van der Waals surface area contributed by atoms with Crippen molar-refractivity contribution in [2.24, 2.45) is 0 Å². The number of nitrogens with one attached hydrogen (secondary N) is 1. The minimum Gasteiger partial charge on any atom is -0.452 e. The van der Waals surface area contributed by atoms with E-state index in [0.29, 0.717) is 23.7 Å².